The molecule has 0 amide bonds. The monoisotopic (exact) mass is 414 g/mol. The SMILES string of the molecule is Cc1cc(OCCCBr)c2ccccc2c1OCCCBr. The van der Waals surface area contributed by atoms with Gasteiger partial charge in [0, 0.05) is 21.4 Å². The Morgan fingerprint density at radius 3 is 2.19 bits per heavy atom. The zero-order valence-corrected chi connectivity index (χ0v) is 15.4. The molecule has 0 unspecified atom stereocenters. The van der Waals surface area contributed by atoms with Crippen LogP contribution in [0.2, 0.25) is 0 Å². The molecule has 2 aromatic carbocycles. The van der Waals surface area contributed by atoms with Crippen LogP contribution in [0.25, 0.3) is 10.8 Å². The summed E-state index contributed by atoms with van der Waals surface area (Å²) in [7, 11) is 0. The molecule has 0 aliphatic rings. The van der Waals surface area contributed by atoms with Crippen LogP contribution in [0.15, 0.2) is 30.3 Å². The zero-order chi connectivity index (χ0) is 15.1. The van der Waals surface area contributed by atoms with Crippen LogP contribution in [-0.4, -0.2) is 23.9 Å². The molecule has 2 nitrogen and oxygen atoms in total. The van der Waals surface area contributed by atoms with Gasteiger partial charge in [0.1, 0.15) is 11.5 Å². The molecule has 0 saturated carbocycles. The molecule has 0 saturated heterocycles. The predicted molar refractivity (Wildman–Crippen MR) is 96.5 cm³/mol. The Labute approximate surface area is 143 Å². The molecular formula is C17H20Br2O2. The van der Waals surface area contributed by atoms with Crippen LogP contribution in [0, 0.1) is 6.92 Å². The van der Waals surface area contributed by atoms with E-state index >= 15 is 0 Å². The second-order valence-electron chi connectivity index (χ2n) is 4.85. The van der Waals surface area contributed by atoms with Crippen molar-refractivity contribution in [1.82, 2.24) is 0 Å². The lowest BCUT2D eigenvalue weighted by atomic mass is 10.0. The van der Waals surface area contributed by atoms with Crippen molar-refractivity contribution in [1.29, 1.82) is 0 Å². The van der Waals surface area contributed by atoms with Gasteiger partial charge in [-0.1, -0.05) is 56.1 Å². The highest BCUT2D eigenvalue weighted by molar-refractivity contribution is 9.09. The summed E-state index contributed by atoms with van der Waals surface area (Å²) in [4.78, 5) is 0. The van der Waals surface area contributed by atoms with E-state index in [2.05, 4.69) is 57.0 Å². The normalized spacial score (nSPS) is 10.8. The van der Waals surface area contributed by atoms with Crippen molar-refractivity contribution in [3.63, 3.8) is 0 Å². The van der Waals surface area contributed by atoms with Crippen molar-refractivity contribution in [3.05, 3.63) is 35.9 Å². The van der Waals surface area contributed by atoms with Crippen molar-refractivity contribution in [2.45, 2.75) is 19.8 Å². The van der Waals surface area contributed by atoms with Crippen LogP contribution in [0.4, 0.5) is 0 Å². The summed E-state index contributed by atoms with van der Waals surface area (Å²) in [5.74, 6) is 1.91. The van der Waals surface area contributed by atoms with E-state index in [-0.39, 0.29) is 0 Å². The van der Waals surface area contributed by atoms with E-state index in [9.17, 15) is 0 Å². The highest BCUT2D eigenvalue weighted by Gasteiger charge is 2.11. The molecule has 114 valence electrons. The van der Waals surface area contributed by atoms with Crippen molar-refractivity contribution in [2.75, 3.05) is 23.9 Å². The fourth-order valence-corrected chi connectivity index (χ4v) is 2.68. The van der Waals surface area contributed by atoms with Crippen molar-refractivity contribution in [2.24, 2.45) is 0 Å². The summed E-state index contributed by atoms with van der Waals surface area (Å²) in [5.41, 5.74) is 1.12. The fraction of sp³-hybridized carbons (Fsp3) is 0.412. The Morgan fingerprint density at radius 1 is 0.905 bits per heavy atom. The van der Waals surface area contributed by atoms with Crippen LogP contribution in [0.5, 0.6) is 11.5 Å². The first-order valence-electron chi connectivity index (χ1n) is 7.17. The second kappa shape index (κ2) is 8.64. The molecule has 0 aliphatic carbocycles. The number of benzene rings is 2. The Hall–Kier alpha value is -0.740. The molecule has 0 radical (unpaired) electrons. The molecule has 0 aromatic heterocycles. The lowest BCUT2D eigenvalue weighted by Gasteiger charge is -2.16. The Kier molecular flexibility index (Phi) is 6.84. The smallest absolute Gasteiger partial charge is 0.130 e. The molecular weight excluding hydrogens is 396 g/mol. The first-order valence-corrected chi connectivity index (χ1v) is 9.42. The average Bonchev–Trinajstić information content (AvgIpc) is 2.50. The maximum atomic E-state index is 5.98. The molecule has 0 N–H and O–H groups in total. The third-order valence-electron chi connectivity index (χ3n) is 3.20. The predicted octanol–water partition coefficient (Wildman–Crippen LogP) is 5.48. The van der Waals surface area contributed by atoms with Crippen molar-refractivity contribution >= 4 is 42.6 Å². The van der Waals surface area contributed by atoms with Crippen LogP contribution in [0.3, 0.4) is 0 Å². The van der Waals surface area contributed by atoms with Gasteiger partial charge in [0.15, 0.2) is 0 Å². The summed E-state index contributed by atoms with van der Waals surface area (Å²) in [5, 5.41) is 4.16. The summed E-state index contributed by atoms with van der Waals surface area (Å²) in [6.07, 6.45) is 1.99. The highest BCUT2D eigenvalue weighted by Crippen LogP contribution is 2.36. The lowest BCUT2D eigenvalue weighted by molar-refractivity contribution is 0.314. The molecule has 2 rings (SSSR count). The molecule has 0 fully saturated rings. The number of hydrogen-bond donors (Lipinski definition) is 0. The van der Waals surface area contributed by atoms with Crippen LogP contribution >= 0.6 is 31.9 Å². The topological polar surface area (TPSA) is 18.5 Å². The number of rotatable bonds is 8. The molecule has 0 heterocycles. The highest BCUT2D eigenvalue weighted by atomic mass is 79.9. The Morgan fingerprint density at radius 2 is 1.52 bits per heavy atom. The van der Waals surface area contributed by atoms with Gasteiger partial charge >= 0.3 is 0 Å². The van der Waals surface area contributed by atoms with Crippen LogP contribution < -0.4 is 9.47 Å². The minimum Gasteiger partial charge on any atom is -0.493 e. The Balaban J connectivity index is 2.33. The zero-order valence-electron chi connectivity index (χ0n) is 12.2. The second-order valence-corrected chi connectivity index (χ2v) is 6.43. The summed E-state index contributed by atoms with van der Waals surface area (Å²) in [6, 6.07) is 10.4. The van der Waals surface area contributed by atoms with Gasteiger partial charge in [0.05, 0.1) is 13.2 Å². The summed E-state index contributed by atoms with van der Waals surface area (Å²) >= 11 is 6.86. The van der Waals surface area contributed by atoms with Crippen LogP contribution in [0.1, 0.15) is 18.4 Å². The number of ether oxygens (including phenoxy) is 2. The number of hydrogen-bond acceptors (Lipinski definition) is 2. The van der Waals surface area contributed by atoms with E-state index in [1.54, 1.807) is 0 Å². The number of fused-ring (bicyclic) bond motifs is 1. The first kappa shape index (κ1) is 16.6. The molecule has 0 atom stereocenters. The van der Waals surface area contributed by atoms with Gasteiger partial charge in [-0.3, -0.25) is 0 Å². The standard InChI is InChI=1S/C17H20Br2O2/c1-13-12-16(20-10-4-8-18)14-6-2-3-7-15(14)17(13)21-11-5-9-19/h2-3,6-7,12H,4-5,8-11H2,1H3. The summed E-state index contributed by atoms with van der Waals surface area (Å²) < 4.78 is 11.9. The lowest BCUT2D eigenvalue weighted by Crippen LogP contribution is -2.02. The largest absolute Gasteiger partial charge is 0.493 e. The maximum absolute atomic E-state index is 5.98. The van der Waals surface area contributed by atoms with E-state index in [1.165, 1.54) is 0 Å². The molecule has 0 bridgehead atoms. The molecule has 0 aliphatic heterocycles. The minimum absolute atomic E-state index is 0.721. The van der Waals surface area contributed by atoms with Crippen molar-refractivity contribution < 1.29 is 9.47 Å². The first-order chi connectivity index (χ1) is 10.3. The molecule has 2 aromatic rings. The third kappa shape index (κ3) is 4.36. The van der Waals surface area contributed by atoms with Gasteiger partial charge in [0.25, 0.3) is 0 Å². The van der Waals surface area contributed by atoms with E-state index in [0.717, 1.165) is 64.6 Å². The van der Waals surface area contributed by atoms with Gasteiger partial charge in [0.2, 0.25) is 0 Å². The van der Waals surface area contributed by atoms with E-state index in [4.69, 9.17) is 9.47 Å². The number of alkyl halides is 2. The molecule has 21 heavy (non-hydrogen) atoms. The third-order valence-corrected chi connectivity index (χ3v) is 4.32. The van der Waals surface area contributed by atoms with E-state index in [1.807, 2.05) is 12.1 Å². The van der Waals surface area contributed by atoms with E-state index < -0.39 is 0 Å². The molecule has 4 heteroatoms. The Bertz CT molecular complexity index is 584. The van der Waals surface area contributed by atoms with E-state index in [0.29, 0.717) is 0 Å². The van der Waals surface area contributed by atoms with Crippen LogP contribution in [-0.2, 0) is 0 Å². The fourth-order valence-electron chi connectivity index (χ4n) is 2.22. The van der Waals surface area contributed by atoms with Gasteiger partial charge < -0.3 is 9.47 Å². The number of halogens is 2. The van der Waals surface area contributed by atoms with Crippen molar-refractivity contribution in [3.8, 4) is 11.5 Å². The van der Waals surface area contributed by atoms with Gasteiger partial charge in [-0.05, 0) is 31.4 Å². The minimum atomic E-state index is 0.721. The van der Waals surface area contributed by atoms with Gasteiger partial charge in [-0.2, -0.15) is 0 Å². The maximum Gasteiger partial charge on any atom is 0.130 e. The van der Waals surface area contributed by atoms with Gasteiger partial charge in [-0.25, -0.2) is 0 Å². The summed E-state index contributed by atoms with van der Waals surface area (Å²) in [6.45, 7) is 3.52. The van der Waals surface area contributed by atoms with Gasteiger partial charge in [-0.15, -0.1) is 0 Å². The molecule has 0 spiro atoms. The quantitative estimate of drug-likeness (QED) is 0.420. The number of aryl methyl sites for hydroxylation is 1. The average molecular weight is 416 g/mol.